The van der Waals surface area contributed by atoms with Gasteiger partial charge in [-0.15, -0.1) is 0 Å². The maximum Gasteiger partial charge on any atom is 0.347 e. The average Bonchev–Trinajstić information content (AvgIpc) is 2.40. The Labute approximate surface area is 116 Å². The third-order valence-electron chi connectivity index (χ3n) is 3.43. The number of rotatable bonds is 3. The minimum absolute atomic E-state index is 0.141. The van der Waals surface area contributed by atoms with Gasteiger partial charge in [0.05, 0.1) is 19.8 Å². The van der Waals surface area contributed by atoms with E-state index in [4.69, 9.17) is 25.8 Å². The third kappa shape index (κ3) is 2.41. The van der Waals surface area contributed by atoms with Crippen molar-refractivity contribution in [2.45, 2.75) is 19.3 Å². The summed E-state index contributed by atoms with van der Waals surface area (Å²) in [4.78, 5) is 12.3. The largest absolute Gasteiger partial charge is 0.347 e. The van der Waals surface area contributed by atoms with Crippen molar-refractivity contribution >= 4 is 17.4 Å². The van der Waals surface area contributed by atoms with Gasteiger partial charge in [-0.05, 0) is 17.7 Å². The molecule has 3 fully saturated rings. The molecule has 0 aromatic heterocycles. The Morgan fingerprint density at radius 1 is 1.26 bits per heavy atom. The van der Waals surface area contributed by atoms with Crippen molar-refractivity contribution in [3.8, 4) is 0 Å². The number of fused-ring (bicyclic) bond motifs is 3. The van der Waals surface area contributed by atoms with Gasteiger partial charge in [0.1, 0.15) is 0 Å². The first-order chi connectivity index (χ1) is 9.01. The van der Waals surface area contributed by atoms with E-state index in [1.807, 2.05) is 19.1 Å². The second kappa shape index (κ2) is 4.56. The summed E-state index contributed by atoms with van der Waals surface area (Å²) < 4.78 is 16.5. The Balaban J connectivity index is 1.74. The van der Waals surface area contributed by atoms with E-state index in [1.54, 1.807) is 12.1 Å². The molecule has 0 N–H and O–H groups in total. The molecule has 4 rings (SSSR count). The van der Waals surface area contributed by atoms with Gasteiger partial charge in [-0.3, -0.25) is 4.79 Å². The van der Waals surface area contributed by atoms with Gasteiger partial charge in [-0.1, -0.05) is 30.7 Å². The second-order valence-electron chi connectivity index (χ2n) is 5.46. The smallest absolute Gasteiger partial charge is 0.320 e. The molecule has 0 aliphatic carbocycles. The number of benzene rings is 1. The lowest BCUT2D eigenvalue weighted by Gasteiger charge is -2.49. The zero-order valence-electron chi connectivity index (χ0n) is 10.6. The summed E-state index contributed by atoms with van der Waals surface area (Å²) in [6, 6.07) is 7.18. The van der Waals surface area contributed by atoms with E-state index in [0.29, 0.717) is 24.8 Å². The minimum Gasteiger partial charge on any atom is -0.320 e. The van der Waals surface area contributed by atoms with Crippen molar-refractivity contribution in [1.82, 2.24) is 0 Å². The fourth-order valence-electron chi connectivity index (χ4n) is 2.24. The van der Waals surface area contributed by atoms with E-state index in [9.17, 15) is 4.79 Å². The zero-order valence-corrected chi connectivity index (χ0v) is 11.4. The van der Waals surface area contributed by atoms with Crippen LogP contribution < -0.4 is 0 Å². The number of halogens is 1. The molecule has 0 atom stereocenters. The number of carbonyl (C=O) groups excluding carboxylic acids is 1. The molecule has 3 saturated heterocycles. The van der Waals surface area contributed by atoms with Crippen LogP contribution in [0.15, 0.2) is 24.3 Å². The highest BCUT2D eigenvalue weighted by molar-refractivity contribution is 6.30. The van der Waals surface area contributed by atoms with E-state index in [-0.39, 0.29) is 17.6 Å². The Bertz CT molecular complexity index is 489. The number of ketones is 1. The van der Waals surface area contributed by atoms with E-state index < -0.39 is 5.97 Å². The number of hydrogen-bond donors (Lipinski definition) is 0. The first-order valence-electron chi connectivity index (χ1n) is 6.21. The van der Waals surface area contributed by atoms with Crippen LogP contribution in [0.25, 0.3) is 0 Å². The van der Waals surface area contributed by atoms with Crippen LogP contribution in [0.5, 0.6) is 0 Å². The fraction of sp³-hybridized carbons (Fsp3) is 0.500. The summed E-state index contributed by atoms with van der Waals surface area (Å²) in [5, 5.41) is 0.602. The van der Waals surface area contributed by atoms with Gasteiger partial charge in [0.25, 0.3) is 0 Å². The Hall–Kier alpha value is -0.940. The molecule has 2 bridgehead atoms. The lowest BCUT2D eigenvalue weighted by Crippen LogP contribution is -2.62. The van der Waals surface area contributed by atoms with E-state index in [0.717, 1.165) is 5.56 Å². The molecule has 19 heavy (non-hydrogen) atoms. The molecule has 0 unspecified atom stereocenters. The number of ether oxygens (including phenoxy) is 3. The minimum atomic E-state index is -1.51. The van der Waals surface area contributed by atoms with Gasteiger partial charge < -0.3 is 14.2 Å². The van der Waals surface area contributed by atoms with Crippen LogP contribution in [0.4, 0.5) is 0 Å². The standard InChI is InChI=1S/C14H15ClO4/c1-13-7-17-14(18-8-13,19-9-13)12(16)6-10-3-2-4-11(15)5-10/h2-5H,6-9H2,1H3. The highest BCUT2D eigenvalue weighted by Gasteiger charge is 2.54. The molecular formula is C14H15ClO4. The molecule has 102 valence electrons. The van der Waals surface area contributed by atoms with Gasteiger partial charge >= 0.3 is 5.97 Å². The van der Waals surface area contributed by atoms with Crippen LogP contribution in [-0.4, -0.2) is 31.6 Å². The molecule has 3 heterocycles. The molecule has 1 aromatic carbocycles. The van der Waals surface area contributed by atoms with Crippen LogP contribution in [0, 0.1) is 5.41 Å². The molecular weight excluding hydrogens is 268 g/mol. The molecule has 4 nitrogen and oxygen atoms in total. The summed E-state index contributed by atoms with van der Waals surface area (Å²) in [5.41, 5.74) is 0.680. The summed E-state index contributed by atoms with van der Waals surface area (Å²) in [7, 11) is 0. The van der Waals surface area contributed by atoms with Gasteiger partial charge in [0.2, 0.25) is 5.78 Å². The number of hydrogen-bond acceptors (Lipinski definition) is 4. The van der Waals surface area contributed by atoms with Gasteiger partial charge in [-0.2, -0.15) is 0 Å². The predicted octanol–water partition coefficient (Wildman–Crippen LogP) is 2.19. The third-order valence-corrected chi connectivity index (χ3v) is 3.66. The highest BCUT2D eigenvalue weighted by Crippen LogP contribution is 2.38. The molecule has 1 aromatic rings. The summed E-state index contributed by atoms with van der Waals surface area (Å²) in [6.07, 6.45) is 0.178. The van der Waals surface area contributed by atoms with Crippen molar-refractivity contribution in [2.75, 3.05) is 19.8 Å². The molecule has 3 aliphatic rings. The van der Waals surface area contributed by atoms with Crippen LogP contribution in [0.1, 0.15) is 12.5 Å². The molecule has 0 saturated carbocycles. The summed E-state index contributed by atoms with van der Waals surface area (Å²) >= 11 is 5.90. The van der Waals surface area contributed by atoms with Gasteiger partial charge in [-0.25, -0.2) is 0 Å². The topological polar surface area (TPSA) is 44.8 Å². The molecule has 0 amide bonds. The maximum absolute atomic E-state index is 12.3. The van der Waals surface area contributed by atoms with Crippen LogP contribution in [-0.2, 0) is 25.4 Å². The second-order valence-corrected chi connectivity index (χ2v) is 5.90. The van der Waals surface area contributed by atoms with Crippen LogP contribution in [0.2, 0.25) is 5.02 Å². The monoisotopic (exact) mass is 282 g/mol. The van der Waals surface area contributed by atoms with E-state index in [2.05, 4.69) is 0 Å². The maximum atomic E-state index is 12.3. The Morgan fingerprint density at radius 2 is 1.89 bits per heavy atom. The molecule has 3 aliphatic heterocycles. The van der Waals surface area contributed by atoms with E-state index >= 15 is 0 Å². The van der Waals surface area contributed by atoms with Crippen molar-refractivity contribution < 1.29 is 19.0 Å². The average molecular weight is 283 g/mol. The van der Waals surface area contributed by atoms with Crippen molar-refractivity contribution in [3.05, 3.63) is 34.9 Å². The Kier molecular flexibility index (Phi) is 3.14. The van der Waals surface area contributed by atoms with Gasteiger partial charge in [0.15, 0.2) is 0 Å². The Morgan fingerprint density at radius 3 is 2.47 bits per heavy atom. The SMILES string of the molecule is CC12COC(C(=O)Cc3cccc(Cl)c3)(OC1)OC2. The number of Topliss-reactive ketones (excluding diaryl/α,β-unsaturated/α-hetero) is 1. The lowest BCUT2D eigenvalue weighted by atomic mass is 9.91. The fourth-order valence-corrected chi connectivity index (χ4v) is 2.45. The first kappa shape index (κ1) is 13.1. The van der Waals surface area contributed by atoms with Crippen LogP contribution in [0.3, 0.4) is 0 Å². The molecule has 0 spiro atoms. The lowest BCUT2D eigenvalue weighted by molar-refractivity contribution is -0.439. The van der Waals surface area contributed by atoms with Gasteiger partial charge in [0, 0.05) is 16.9 Å². The first-order valence-corrected chi connectivity index (χ1v) is 6.59. The number of carbonyl (C=O) groups is 1. The van der Waals surface area contributed by atoms with Crippen LogP contribution >= 0.6 is 11.6 Å². The molecule has 5 heteroatoms. The van der Waals surface area contributed by atoms with Crippen molar-refractivity contribution in [2.24, 2.45) is 5.41 Å². The van der Waals surface area contributed by atoms with E-state index in [1.165, 1.54) is 0 Å². The summed E-state index contributed by atoms with van der Waals surface area (Å²) in [5.74, 6) is -1.74. The molecule has 0 radical (unpaired) electrons. The van der Waals surface area contributed by atoms with Crippen molar-refractivity contribution in [3.63, 3.8) is 0 Å². The predicted molar refractivity (Wildman–Crippen MR) is 68.9 cm³/mol. The van der Waals surface area contributed by atoms with Crippen molar-refractivity contribution in [1.29, 1.82) is 0 Å². The highest BCUT2D eigenvalue weighted by atomic mass is 35.5. The normalized spacial score (nSPS) is 33.4. The zero-order chi connectivity index (χ0) is 13.5. The quantitative estimate of drug-likeness (QED) is 0.852. The summed E-state index contributed by atoms with van der Waals surface area (Å²) in [6.45, 7) is 3.45.